The zero-order valence-corrected chi connectivity index (χ0v) is 17.7. The third-order valence-corrected chi connectivity index (χ3v) is 4.98. The summed E-state index contributed by atoms with van der Waals surface area (Å²) >= 11 is 5.98. The lowest BCUT2D eigenvalue weighted by Gasteiger charge is -2.13. The fourth-order valence-electron chi connectivity index (χ4n) is 3.15. The molecule has 4 rings (SSSR count). The summed E-state index contributed by atoms with van der Waals surface area (Å²) in [4.78, 5) is 16.5. The topological polar surface area (TPSA) is 101 Å². The van der Waals surface area contributed by atoms with Crippen LogP contribution in [0, 0.1) is 17.1 Å². The van der Waals surface area contributed by atoms with Crippen LogP contribution in [-0.4, -0.2) is 36.5 Å². The van der Waals surface area contributed by atoms with Crippen LogP contribution >= 0.6 is 11.6 Å². The zero-order valence-electron chi connectivity index (χ0n) is 16.9. The van der Waals surface area contributed by atoms with Crippen molar-refractivity contribution in [3.8, 4) is 23.0 Å². The first kappa shape index (κ1) is 21.2. The maximum Gasteiger partial charge on any atom is 0.272 e. The van der Waals surface area contributed by atoms with Gasteiger partial charge in [0.1, 0.15) is 17.4 Å². The van der Waals surface area contributed by atoms with Gasteiger partial charge in [-0.2, -0.15) is 15.5 Å². The number of aromatic nitrogens is 5. The summed E-state index contributed by atoms with van der Waals surface area (Å²) in [7, 11) is 0. The van der Waals surface area contributed by atoms with Crippen LogP contribution in [-0.2, 0) is 6.54 Å². The predicted molar refractivity (Wildman–Crippen MR) is 116 cm³/mol. The van der Waals surface area contributed by atoms with E-state index in [0.717, 1.165) is 5.69 Å². The van der Waals surface area contributed by atoms with Crippen LogP contribution in [0.25, 0.3) is 16.9 Å². The lowest BCUT2D eigenvalue weighted by atomic mass is 10.1. The van der Waals surface area contributed by atoms with Crippen molar-refractivity contribution in [2.45, 2.75) is 19.5 Å². The molecule has 0 aliphatic rings. The summed E-state index contributed by atoms with van der Waals surface area (Å²) in [5, 5.41) is 20.6. The number of pyridine rings is 1. The Morgan fingerprint density at radius 1 is 1.22 bits per heavy atom. The Bertz CT molecular complexity index is 1290. The third-order valence-electron chi connectivity index (χ3n) is 4.68. The van der Waals surface area contributed by atoms with Crippen LogP contribution in [0.5, 0.6) is 0 Å². The number of nitrogens with one attached hydrogen (secondary N) is 1. The van der Waals surface area contributed by atoms with Gasteiger partial charge in [0.2, 0.25) is 0 Å². The molecule has 0 saturated heterocycles. The van der Waals surface area contributed by atoms with Crippen LogP contribution in [0.2, 0.25) is 5.02 Å². The van der Waals surface area contributed by atoms with Gasteiger partial charge in [-0.1, -0.05) is 11.6 Å². The SMILES string of the molecule is CC(Cn1ccc(-c2cc(F)c(C#N)c(Cl)c2)n1)NC(=O)c1ccn(-c2ccncc2)n1. The van der Waals surface area contributed by atoms with Crippen molar-refractivity contribution < 1.29 is 9.18 Å². The largest absolute Gasteiger partial charge is 0.346 e. The normalized spacial score (nSPS) is 11.7. The number of carbonyl (C=O) groups excluding carboxylic acids is 1. The third kappa shape index (κ3) is 4.50. The van der Waals surface area contributed by atoms with E-state index in [1.165, 1.54) is 12.1 Å². The fraction of sp³-hybridized carbons (Fsp3) is 0.136. The Kier molecular flexibility index (Phi) is 5.96. The number of amides is 1. The molecule has 3 aromatic heterocycles. The number of halogens is 2. The molecule has 1 aromatic carbocycles. The quantitative estimate of drug-likeness (QED) is 0.484. The van der Waals surface area contributed by atoms with E-state index >= 15 is 0 Å². The minimum absolute atomic E-state index is 0.0314. The van der Waals surface area contributed by atoms with Gasteiger partial charge in [-0.05, 0) is 43.3 Å². The van der Waals surface area contributed by atoms with Gasteiger partial charge in [-0.3, -0.25) is 14.5 Å². The van der Waals surface area contributed by atoms with Gasteiger partial charge >= 0.3 is 0 Å². The van der Waals surface area contributed by atoms with Gasteiger partial charge in [0.05, 0.1) is 22.9 Å². The summed E-state index contributed by atoms with van der Waals surface area (Å²) in [6.07, 6.45) is 6.73. The summed E-state index contributed by atoms with van der Waals surface area (Å²) in [6, 6.07) is 11.1. The van der Waals surface area contributed by atoms with Gasteiger partial charge in [0, 0.05) is 36.4 Å². The Hall–Kier alpha value is -4.03. The summed E-state index contributed by atoms with van der Waals surface area (Å²) < 4.78 is 17.3. The standard InChI is InChI=1S/C22H17ClFN7O/c1-14(27-22(32)21-5-9-31(29-21)16-2-6-26-7-3-16)13-30-8-4-20(28-30)15-10-18(23)17(12-25)19(24)11-15/h2-11,14H,13H2,1H3,(H,27,32). The molecule has 1 N–H and O–H groups in total. The number of nitrogens with zero attached hydrogens (tertiary/aromatic N) is 6. The molecule has 1 atom stereocenters. The second kappa shape index (κ2) is 8.99. The van der Waals surface area contributed by atoms with Crippen molar-refractivity contribution in [3.05, 3.63) is 83.3 Å². The zero-order chi connectivity index (χ0) is 22.7. The van der Waals surface area contributed by atoms with E-state index in [4.69, 9.17) is 16.9 Å². The second-order valence-electron chi connectivity index (χ2n) is 7.08. The molecule has 0 spiro atoms. The Labute approximate surface area is 187 Å². The highest BCUT2D eigenvalue weighted by molar-refractivity contribution is 6.32. The number of carbonyl (C=O) groups is 1. The van der Waals surface area contributed by atoms with Crippen LogP contribution in [0.15, 0.2) is 61.2 Å². The highest BCUT2D eigenvalue weighted by Gasteiger charge is 2.15. The molecule has 10 heteroatoms. The average molecular weight is 450 g/mol. The van der Waals surface area contributed by atoms with E-state index in [9.17, 15) is 9.18 Å². The molecule has 1 unspecified atom stereocenters. The molecule has 0 bridgehead atoms. The van der Waals surface area contributed by atoms with Crippen LogP contribution in [0.3, 0.4) is 0 Å². The first-order valence-corrected chi connectivity index (χ1v) is 10.0. The molecule has 160 valence electrons. The summed E-state index contributed by atoms with van der Waals surface area (Å²) in [6.45, 7) is 2.24. The number of hydrogen-bond acceptors (Lipinski definition) is 5. The predicted octanol–water partition coefficient (Wildman–Crippen LogP) is 3.61. The molecule has 0 aliphatic heterocycles. The minimum atomic E-state index is -0.698. The average Bonchev–Trinajstić information content (AvgIpc) is 3.44. The lowest BCUT2D eigenvalue weighted by molar-refractivity contribution is 0.0930. The Balaban J connectivity index is 1.41. The Morgan fingerprint density at radius 2 is 2.00 bits per heavy atom. The van der Waals surface area contributed by atoms with E-state index in [-0.39, 0.29) is 28.2 Å². The van der Waals surface area contributed by atoms with Crippen molar-refractivity contribution in [2.24, 2.45) is 0 Å². The number of rotatable bonds is 6. The lowest BCUT2D eigenvalue weighted by Crippen LogP contribution is -2.36. The summed E-state index contributed by atoms with van der Waals surface area (Å²) in [5.74, 6) is -1.00. The smallest absolute Gasteiger partial charge is 0.272 e. The van der Waals surface area contributed by atoms with E-state index in [1.54, 1.807) is 64.5 Å². The van der Waals surface area contributed by atoms with E-state index < -0.39 is 5.82 Å². The maximum absolute atomic E-state index is 14.0. The van der Waals surface area contributed by atoms with Crippen LogP contribution in [0.4, 0.5) is 4.39 Å². The molecule has 4 aromatic rings. The number of benzene rings is 1. The molecule has 3 heterocycles. The first-order valence-electron chi connectivity index (χ1n) is 9.64. The maximum atomic E-state index is 14.0. The van der Waals surface area contributed by atoms with Crippen molar-refractivity contribution in [1.29, 1.82) is 5.26 Å². The molecule has 0 fully saturated rings. The molecule has 1 amide bonds. The summed E-state index contributed by atoms with van der Waals surface area (Å²) in [5.41, 5.74) is 1.86. The highest BCUT2D eigenvalue weighted by atomic mass is 35.5. The molecule has 8 nitrogen and oxygen atoms in total. The number of nitriles is 1. The van der Waals surface area contributed by atoms with Gasteiger partial charge in [-0.15, -0.1) is 0 Å². The van der Waals surface area contributed by atoms with Crippen molar-refractivity contribution in [3.63, 3.8) is 0 Å². The van der Waals surface area contributed by atoms with Crippen LogP contribution < -0.4 is 5.32 Å². The van der Waals surface area contributed by atoms with Crippen molar-refractivity contribution >= 4 is 17.5 Å². The van der Waals surface area contributed by atoms with Gasteiger partial charge in [-0.25, -0.2) is 9.07 Å². The minimum Gasteiger partial charge on any atom is -0.346 e. The fourth-order valence-corrected chi connectivity index (χ4v) is 3.40. The molecule has 32 heavy (non-hydrogen) atoms. The van der Waals surface area contributed by atoms with Crippen LogP contribution in [0.1, 0.15) is 23.0 Å². The van der Waals surface area contributed by atoms with Crippen molar-refractivity contribution in [2.75, 3.05) is 0 Å². The van der Waals surface area contributed by atoms with E-state index in [1.807, 2.05) is 6.92 Å². The second-order valence-corrected chi connectivity index (χ2v) is 7.48. The van der Waals surface area contributed by atoms with E-state index in [0.29, 0.717) is 17.8 Å². The molecule has 0 aliphatic carbocycles. The van der Waals surface area contributed by atoms with Gasteiger partial charge in [0.25, 0.3) is 5.91 Å². The molecule has 0 radical (unpaired) electrons. The molecular weight excluding hydrogens is 433 g/mol. The van der Waals surface area contributed by atoms with Gasteiger partial charge in [0.15, 0.2) is 5.69 Å². The molecule has 0 saturated carbocycles. The van der Waals surface area contributed by atoms with Crippen molar-refractivity contribution in [1.82, 2.24) is 29.9 Å². The van der Waals surface area contributed by atoms with E-state index in [2.05, 4.69) is 20.5 Å². The first-order chi connectivity index (χ1) is 15.4. The number of hydrogen-bond donors (Lipinski definition) is 1. The highest BCUT2D eigenvalue weighted by Crippen LogP contribution is 2.26. The Morgan fingerprint density at radius 3 is 2.72 bits per heavy atom. The monoisotopic (exact) mass is 449 g/mol. The molecular formula is C22H17ClFN7O. The van der Waals surface area contributed by atoms with Gasteiger partial charge < -0.3 is 5.32 Å².